The molecule has 1 aliphatic rings. The minimum atomic E-state index is -3.55. The van der Waals surface area contributed by atoms with Gasteiger partial charge in [0.1, 0.15) is 0 Å². The molecule has 1 amide bonds. The van der Waals surface area contributed by atoms with Crippen molar-refractivity contribution in [2.24, 2.45) is 0 Å². The van der Waals surface area contributed by atoms with Gasteiger partial charge in [0.05, 0.1) is 4.90 Å². The molecule has 0 aromatic heterocycles. The van der Waals surface area contributed by atoms with Crippen molar-refractivity contribution in [2.45, 2.75) is 57.5 Å². The predicted octanol–water partition coefficient (Wildman–Crippen LogP) is 2.73. The van der Waals surface area contributed by atoms with E-state index < -0.39 is 10.0 Å². The molecule has 0 heterocycles. The molecule has 1 aromatic rings. The Morgan fingerprint density at radius 1 is 1.22 bits per heavy atom. The van der Waals surface area contributed by atoms with Crippen LogP contribution in [0.4, 0.5) is 0 Å². The zero-order valence-electron chi connectivity index (χ0n) is 14.3. The lowest BCUT2D eigenvalue weighted by Crippen LogP contribution is -2.39. The zero-order valence-corrected chi connectivity index (χ0v) is 15.1. The highest BCUT2D eigenvalue weighted by molar-refractivity contribution is 7.89. The molecule has 0 spiro atoms. The molecule has 0 radical (unpaired) electrons. The minimum Gasteiger partial charge on any atom is -0.333 e. The molecule has 1 aliphatic carbocycles. The number of benzene rings is 1. The first kappa shape index (κ1) is 17.9. The second-order valence-corrected chi connectivity index (χ2v) is 8.09. The van der Waals surface area contributed by atoms with Crippen LogP contribution >= 0.6 is 0 Å². The lowest BCUT2D eigenvalue weighted by molar-refractivity contribution is 0.0690. The van der Waals surface area contributed by atoms with Gasteiger partial charge < -0.3 is 4.90 Å². The summed E-state index contributed by atoms with van der Waals surface area (Å²) in [5.74, 6) is -0.0842. The monoisotopic (exact) mass is 338 g/mol. The third-order valence-corrected chi connectivity index (χ3v) is 6.20. The summed E-state index contributed by atoms with van der Waals surface area (Å²) in [5, 5.41) is 0. The van der Waals surface area contributed by atoms with E-state index in [9.17, 15) is 13.2 Å². The maximum Gasteiger partial charge on any atom is 0.254 e. The number of rotatable bonds is 7. The lowest BCUT2D eigenvalue weighted by atomic mass is 10.1. The summed E-state index contributed by atoms with van der Waals surface area (Å²) >= 11 is 0. The molecular formula is C17H26N2O3S. The molecule has 2 rings (SSSR count). The van der Waals surface area contributed by atoms with Gasteiger partial charge in [-0.05, 0) is 44.9 Å². The maximum absolute atomic E-state index is 12.8. The number of sulfonamides is 1. The summed E-state index contributed by atoms with van der Waals surface area (Å²) in [7, 11) is -3.55. The average molecular weight is 338 g/mol. The van der Waals surface area contributed by atoms with Crippen LogP contribution in [0.15, 0.2) is 29.2 Å². The number of carbonyl (C=O) groups is 1. The van der Waals surface area contributed by atoms with Gasteiger partial charge in [0.2, 0.25) is 10.0 Å². The number of carbonyl (C=O) groups excluding carboxylic acids is 1. The van der Waals surface area contributed by atoms with Crippen LogP contribution in [0.1, 0.15) is 50.9 Å². The smallest absolute Gasteiger partial charge is 0.254 e. The van der Waals surface area contributed by atoms with Crippen LogP contribution < -0.4 is 0 Å². The SMILES string of the molecule is CCN(CC)S(=O)(=O)c1cccc(C(=O)N(C(C)C)C2CC2)c1. The Morgan fingerprint density at radius 2 is 1.83 bits per heavy atom. The number of hydrogen-bond acceptors (Lipinski definition) is 3. The molecule has 1 aromatic carbocycles. The molecule has 6 heteroatoms. The molecule has 0 bridgehead atoms. The Balaban J connectivity index is 2.34. The molecule has 5 nitrogen and oxygen atoms in total. The first-order valence-electron chi connectivity index (χ1n) is 8.25. The predicted molar refractivity (Wildman–Crippen MR) is 90.9 cm³/mol. The summed E-state index contributed by atoms with van der Waals surface area (Å²) < 4.78 is 26.6. The second-order valence-electron chi connectivity index (χ2n) is 6.15. The Morgan fingerprint density at radius 3 is 2.30 bits per heavy atom. The van der Waals surface area contributed by atoms with Crippen molar-refractivity contribution in [3.8, 4) is 0 Å². The first-order chi connectivity index (χ1) is 10.8. The van der Waals surface area contributed by atoms with Crippen LogP contribution in [0.5, 0.6) is 0 Å². The van der Waals surface area contributed by atoms with Crippen molar-refractivity contribution in [3.63, 3.8) is 0 Å². The Hall–Kier alpha value is -1.40. The first-order valence-corrected chi connectivity index (χ1v) is 9.69. The van der Waals surface area contributed by atoms with Gasteiger partial charge >= 0.3 is 0 Å². The highest BCUT2D eigenvalue weighted by Gasteiger charge is 2.35. The van der Waals surface area contributed by atoms with Crippen molar-refractivity contribution >= 4 is 15.9 Å². The van der Waals surface area contributed by atoms with Crippen LogP contribution in [0.25, 0.3) is 0 Å². The fourth-order valence-corrected chi connectivity index (χ4v) is 4.33. The van der Waals surface area contributed by atoms with Gasteiger partial charge in [-0.15, -0.1) is 0 Å². The molecule has 0 saturated heterocycles. The molecule has 0 unspecified atom stereocenters. The third kappa shape index (κ3) is 3.75. The van der Waals surface area contributed by atoms with Gasteiger partial charge in [0.25, 0.3) is 5.91 Å². The van der Waals surface area contributed by atoms with E-state index in [-0.39, 0.29) is 16.8 Å². The fraction of sp³-hybridized carbons (Fsp3) is 0.588. The van der Waals surface area contributed by atoms with Crippen molar-refractivity contribution < 1.29 is 13.2 Å². The van der Waals surface area contributed by atoms with E-state index in [1.54, 1.807) is 18.2 Å². The van der Waals surface area contributed by atoms with E-state index in [0.717, 1.165) is 12.8 Å². The van der Waals surface area contributed by atoms with Gasteiger partial charge in [0, 0.05) is 30.7 Å². The second kappa shape index (κ2) is 7.01. The molecule has 1 fully saturated rings. The topological polar surface area (TPSA) is 57.7 Å². The van der Waals surface area contributed by atoms with E-state index in [2.05, 4.69) is 0 Å². The standard InChI is InChI=1S/C17H26N2O3S/c1-5-18(6-2)23(21,22)16-9-7-8-14(12-16)17(20)19(13(3)4)15-10-11-15/h7-9,12-13,15H,5-6,10-11H2,1-4H3. The van der Waals surface area contributed by atoms with E-state index in [0.29, 0.717) is 24.7 Å². The van der Waals surface area contributed by atoms with Crippen LogP contribution in [0.3, 0.4) is 0 Å². The number of nitrogens with zero attached hydrogens (tertiary/aromatic N) is 2. The number of amides is 1. The fourth-order valence-electron chi connectivity index (χ4n) is 2.83. The van der Waals surface area contributed by atoms with Gasteiger partial charge in [-0.25, -0.2) is 8.42 Å². The molecular weight excluding hydrogens is 312 g/mol. The zero-order chi connectivity index (χ0) is 17.2. The Labute approximate surface area is 139 Å². The van der Waals surface area contributed by atoms with Gasteiger partial charge in [-0.2, -0.15) is 4.31 Å². The van der Waals surface area contributed by atoms with E-state index in [1.165, 1.54) is 10.4 Å². The Bertz CT molecular complexity index is 660. The highest BCUT2D eigenvalue weighted by atomic mass is 32.2. The largest absolute Gasteiger partial charge is 0.333 e. The number of hydrogen-bond donors (Lipinski definition) is 0. The minimum absolute atomic E-state index is 0.0842. The molecule has 0 aliphatic heterocycles. The molecule has 0 atom stereocenters. The lowest BCUT2D eigenvalue weighted by Gasteiger charge is -2.27. The summed E-state index contributed by atoms with van der Waals surface area (Å²) in [6.45, 7) is 8.43. The molecule has 23 heavy (non-hydrogen) atoms. The van der Waals surface area contributed by atoms with E-state index in [1.807, 2.05) is 32.6 Å². The highest BCUT2D eigenvalue weighted by Crippen LogP contribution is 2.30. The van der Waals surface area contributed by atoms with E-state index in [4.69, 9.17) is 0 Å². The average Bonchev–Trinajstić information content (AvgIpc) is 3.32. The molecule has 0 N–H and O–H groups in total. The summed E-state index contributed by atoms with van der Waals surface area (Å²) in [6.07, 6.45) is 2.06. The molecule has 128 valence electrons. The van der Waals surface area contributed by atoms with Gasteiger partial charge in [-0.3, -0.25) is 4.79 Å². The summed E-state index contributed by atoms with van der Waals surface area (Å²) in [6, 6.07) is 6.81. The summed E-state index contributed by atoms with van der Waals surface area (Å²) in [5.41, 5.74) is 0.443. The van der Waals surface area contributed by atoms with Crippen molar-refractivity contribution in [2.75, 3.05) is 13.1 Å². The van der Waals surface area contributed by atoms with Crippen LogP contribution in [-0.4, -0.2) is 48.7 Å². The van der Waals surface area contributed by atoms with Gasteiger partial charge in [-0.1, -0.05) is 19.9 Å². The van der Waals surface area contributed by atoms with Crippen LogP contribution in [-0.2, 0) is 10.0 Å². The summed E-state index contributed by atoms with van der Waals surface area (Å²) in [4.78, 5) is 14.8. The third-order valence-electron chi connectivity index (χ3n) is 4.16. The van der Waals surface area contributed by atoms with Crippen molar-refractivity contribution in [3.05, 3.63) is 29.8 Å². The van der Waals surface area contributed by atoms with Crippen molar-refractivity contribution in [1.29, 1.82) is 0 Å². The van der Waals surface area contributed by atoms with Crippen LogP contribution in [0.2, 0.25) is 0 Å². The van der Waals surface area contributed by atoms with Gasteiger partial charge in [0.15, 0.2) is 0 Å². The molecule has 1 saturated carbocycles. The van der Waals surface area contributed by atoms with Crippen LogP contribution in [0, 0.1) is 0 Å². The quantitative estimate of drug-likeness (QED) is 0.768. The normalized spacial score (nSPS) is 15.2. The Kier molecular flexibility index (Phi) is 5.47. The van der Waals surface area contributed by atoms with Crippen molar-refractivity contribution in [1.82, 2.24) is 9.21 Å². The maximum atomic E-state index is 12.8. The van der Waals surface area contributed by atoms with E-state index >= 15 is 0 Å².